The summed E-state index contributed by atoms with van der Waals surface area (Å²) < 4.78 is 0. The lowest BCUT2D eigenvalue weighted by atomic mass is 9.99. The van der Waals surface area contributed by atoms with Gasteiger partial charge in [0.1, 0.15) is 0 Å². The van der Waals surface area contributed by atoms with Crippen molar-refractivity contribution in [3.05, 3.63) is 0 Å². The first kappa shape index (κ1) is 9.96. The normalized spacial score (nSPS) is 30.0. The molecule has 1 atom stereocenters. The van der Waals surface area contributed by atoms with Crippen molar-refractivity contribution in [1.82, 2.24) is 10.2 Å². The highest BCUT2D eigenvalue weighted by atomic mass is 15.2. The fraction of sp³-hybridized carbons (Fsp3) is 1.00. The second-order valence-corrected chi connectivity index (χ2v) is 3.75. The topological polar surface area (TPSA) is 41.3 Å². The highest BCUT2D eigenvalue weighted by molar-refractivity contribution is 4.94. The van der Waals surface area contributed by atoms with Crippen molar-refractivity contribution < 1.29 is 0 Å². The van der Waals surface area contributed by atoms with Crippen LogP contribution in [0.3, 0.4) is 0 Å². The average Bonchev–Trinajstić information content (AvgIpc) is 2.48. The molecular weight excluding hydrogens is 150 g/mol. The van der Waals surface area contributed by atoms with Gasteiger partial charge in [-0.2, -0.15) is 0 Å². The van der Waals surface area contributed by atoms with Gasteiger partial charge in [0.2, 0.25) is 0 Å². The number of nitrogens with two attached hydrogens (primary N) is 1. The molecule has 1 aliphatic rings. The van der Waals surface area contributed by atoms with E-state index in [0.717, 1.165) is 39.1 Å². The smallest absolute Gasteiger partial charge is 0.0421 e. The first-order valence-electron chi connectivity index (χ1n) is 4.92. The van der Waals surface area contributed by atoms with Crippen LogP contribution in [0.5, 0.6) is 0 Å². The van der Waals surface area contributed by atoms with Crippen LogP contribution in [0.1, 0.15) is 20.3 Å². The molecule has 0 bridgehead atoms. The molecule has 1 heterocycles. The van der Waals surface area contributed by atoms with Gasteiger partial charge in [0.25, 0.3) is 0 Å². The molecule has 0 aromatic heterocycles. The first-order valence-corrected chi connectivity index (χ1v) is 4.92. The summed E-state index contributed by atoms with van der Waals surface area (Å²) in [5, 5.41) is 3.31. The van der Waals surface area contributed by atoms with Crippen LogP contribution in [0.15, 0.2) is 0 Å². The van der Waals surface area contributed by atoms with Gasteiger partial charge in [0.15, 0.2) is 0 Å². The number of rotatable bonds is 4. The number of hydrogen-bond donors (Lipinski definition) is 2. The van der Waals surface area contributed by atoms with Crippen molar-refractivity contribution in [2.24, 2.45) is 5.73 Å². The standard InChI is InChI=1S/C9H21N3/c1-3-12(4-2)8-9(10)5-6-11-7-9/h11H,3-8,10H2,1-2H3. The Hall–Kier alpha value is -0.120. The summed E-state index contributed by atoms with van der Waals surface area (Å²) in [5.41, 5.74) is 6.24. The lowest BCUT2D eigenvalue weighted by Crippen LogP contribution is -2.51. The molecule has 1 aliphatic heterocycles. The van der Waals surface area contributed by atoms with Gasteiger partial charge in [-0.25, -0.2) is 0 Å². The third kappa shape index (κ3) is 2.44. The highest BCUT2D eigenvalue weighted by Gasteiger charge is 2.30. The number of likely N-dealkylation sites (N-methyl/N-ethyl adjacent to an activating group) is 1. The third-order valence-corrected chi connectivity index (χ3v) is 2.71. The first-order chi connectivity index (χ1) is 5.70. The van der Waals surface area contributed by atoms with Gasteiger partial charge in [-0.1, -0.05) is 13.8 Å². The predicted molar refractivity (Wildman–Crippen MR) is 52.2 cm³/mol. The van der Waals surface area contributed by atoms with Crippen molar-refractivity contribution in [1.29, 1.82) is 0 Å². The van der Waals surface area contributed by atoms with Crippen molar-refractivity contribution in [3.8, 4) is 0 Å². The largest absolute Gasteiger partial charge is 0.323 e. The number of nitrogens with one attached hydrogen (secondary N) is 1. The van der Waals surface area contributed by atoms with Crippen LogP contribution >= 0.6 is 0 Å². The minimum Gasteiger partial charge on any atom is -0.323 e. The highest BCUT2D eigenvalue weighted by Crippen LogP contribution is 2.12. The van der Waals surface area contributed by atoms with Crippen LogP contribution in [0, 0.1) is 0 Å². The summed E-state index contributed by atoms with van der Waals surface area (Å²) in [6.07, 6.45) is 1.11. The average molecular weight is 171 g/mol. The summed E-state index contributed by atoms with van der Waals surface area (Å²) in [4.78, 5) is 2.40. The van der Waals surface area contributed by atoms with Crippen LogP contribution in [-0.4, -0.2) is 43.2 Å². The monoisotopic (exact) mass is 171 g/mol. The maximum absolute atomic E-state index is 6.21. The van der Waals surface area contributed by atoms with E-state index in [9.17, 15) is 0 Å². The Morgan fingerprint density at radius 1 is 1.42 bits per heavy atom. The van der Waals surface area contributed by atoms with Gasteiger partial charge in [-0.3, -0.25) is 0 Å². The van der Waals surface area contributed by atoms with Gasteiger partial charge in [0, 0.05) is 18.6 Å². The molecule has 1 rings (SSSR count). The summed E-state index contributed by atoms with van der Waals surface area (Å²) in [6.45, 7) is 9.68. The summed E-state index contributed by atoms with van der Waals surface area (Å²) >= 11 is 0. The molecule has 1 fully saturated rings. The third-order valence-electron chi connectivity index (χ3n) is 2.71. The molecule has 3 nitrogen and oxygen atoms in total. The number of hydrogen-bond acceptors (Lipinski definition) is 3. The summed E-state index contributed by atoms with van der Waals surface area (Å²) in [6, 6.07) is 0. The van der Waals surface area contributed by atoms with E-state index in [1.807, 2.05) is 0 Å². The van der Waals surface area contributed by atoms with Crippen LogP contribution in [-0.2, 0) is 0 Å². The molecule has 12 heavy (non-hydrogen) atoms. The molecule has 0 aromatic rings. The Morgan fingerprint density at radius 2 is 2.08 bits per heavy atom. The van der Waals surface area contributed by atoms with Gasteiger partial charge >= 0.3 is 0 Å². The van der Waals surface area contributed by atoms with Gasteiger partial charge in [-0.05, 0) is 26.1 Å². The van der Waals surface area contributed by atoms with E-state index in [4.69, 9.17) is 5.73 Å². The van der Waals surface area contributed by atoms with Crippen molar-refractivity contribution in [2.75, 3.05) is 32.7 Å². The van der Waals surface area contributed by atoms with E-state index in [0.29, 0.717) is 0 Å². The molecule has 0 spiro atoms. The molecular formula is C9H21N3. The maximum Gasteiger partial charge on any atom is 0.0421 e. The zero-order valence-corrected chi connectivity index (χ0v) is 8.27. The second-order valence-electron chi connectivity index (χ2n) is 3.75. The molecule has 0 aliphatic carbocycles. The molecule has 3 N–H and O–H groups in total. The van der Waals surface area contributed by atoms with Crippen LogP contribution in [0.25, 0.3) is 0 Å². The SMILES string of the molecule is CCN(CC)CC1(N)CCNC1. The Morgan fingerprint density at radius 3 is 2.50 bits per heavy atom. The zero-order chi connectivity index (χ0) is 9.03. The van der Waals surface area contributed by atoms with Gasteiger partial charge < -0.3 is 16.0 Å². The van der Waals surface area contributed by atoms with E-state index >= 15 is 0 Å². The number of nitrogens with zero attached hydrogens (tertiary/aromatic N) is 1. The molecule has 1 unspecified atom stereocenters. The van der Waals surface area contributed by atoms with Crippen LogP contribution in [0.4, 0.5) is 0 Å². The fourth-order valence-electron chi connectivity index (χ4n) is 1.79. The summed E-state index contributed by atoms with van der Waals surface area (Å²) in [7, 11) is 0. The van der Waals surface area contributed by atoms with E-state index in [2.05, 4.69) is 24.1 Å². The van der Waals surface area contributed by atoms with E-state index in [1.165, 1.54) is 0 Å². The molecule has 0 amide bonds. The van der Waals surface area contributed by atoms with Crippen LogP contribution < -0.4 is 11.1 Å². The zero-order valence-electron chi connectivity index (χ0n) is 8.27. The minimum atomic E-state index is 0.0338. The Bertz CT molecular complexity index is 126. The predicted octanol–water partition coefficient (Wildman–Crippen LogP) is 0.0190. The van der Waals surface area contributed by atoms with Crippen LogP contribution in [0.2, 0.25) is 0 Å². The molecule has 0 saturated carbocycles. The molecule has 0 aromatic carbocycles. The quantitative estimate of drug-likeness (QED) is 0.626. The van der Waals surface area contributed by atoms with Crippen molar-refractivity contribution in [2.45, 2.75) is 25.8 Å². The second kappa shape index (κ2) is 4.21. The van der Waals surface area contributed by atoms with Crippen molar-refractivity contribution >= 4 is 0 Å². The lowest BCUT2D eigenvalue weighted by Gasteiger charge is -2.30. The van der Waals surface area contributed by atoms with Gasteiger partial charge in [-0.15, -0.1) is 0 Å². The maximum atomic E-state index is 6.21. The molecule has 72 valence electrons. The molecule has 0 radical (unpaired) electrons. The van der Waals surface area contributed by atoms with Crippen molar-refractivity contribution in [3.63, 3.8) is 0 Å². The lowest BCUT2D eigenvalue weighted by molar-refractivity contribution is 0.235. The Balaban J connectivity index is 2.36. The molecule has 3 heteroatoms. The fourth-order valence-corrected chi connectivity index (χ4v) is 1.79. The Labute approximate surface area is 75.3 Å². The Kier molecular flexibility index (Phi) is 3.50. The van der Waals surface area contributed by atoms with Gasteiger partial charge in [0.05, 0.1) is 0 Å². The van der Waals surface area contributed by atoms with E-state index in [1.54, 1.807) is 0 Å². The summed E-state index contributed by atoms with van der Waals surface area (Å²) in [5.74, 6) is 0. The van der Waals surface area contributed by atoms with E-state index < -0.39 is 0 Å². The minimum absolute atomic E-state index is 0.0338. The van der Waals surface area contributed by atoms with E-state index in [-0.39, 0.29) is 5.54 Å². The molecule has 1 saturated heterocycles.